The van der Waals surface area contributed by atoms with Crippen molar-refractivity contribution in [3.8, 4) is 0 Å². The average Bonchev–Trinajstić information content (AvgIpc) is 1.96. The lowest BCUT2D eigenvalue weighted by atomic mass is 9.82. The van der Waals surface area contributed by atoms with Gasteiger partial charge in [-0.05, 0) is 47.0 Å². The van der Waals surface area contributed by atoms with Gasteiger partial charge < -0.3 is 0 Å². The first-order chi connectivity index (χ1) is 6.26. The molecule has 0 aromatic heterocycles. The van der Waals surface area contributed by atoms with Crippen molar-refractivity contribution in [3.63, 3.8) is 0 Å². The fraction of sp³-hybridized carbons (Fsp3) is 1.00. The van der Waals surface area contributed by atoms with Crippen LogP contribution in [0.4, 0.5) is 8.78 Å². The van der Waals surface area contributed by atoms with E-state index < -0.39 is 6.61 Å². The number of hydroxylamine groups is 2. The highest BCUT2D eigenvalue weighted by atomic mass is 19.3. The molecule has 1 heterocycles. The summed E-state index contributed by atoms with van der Waals surface area (Å²) in [6.45, 7) is 5.03. The van der Waals surface area contributed by atoms with Crippen LogP contribution >= 0.6 is 0 Å². The number of piperidine rings is 1. The molecule has 1 rings (SSSR count). The summed E-state index contributed by atoms with van der Waals surface area (Å²) in [6.07, 6.45) is 2.84. The second-order valence-electron chi connectivity index (χ2n) is 5.14. The van der Waals surface area contributed by atoms with E-state index in [1.165, 1.54) is 5.06 Å². The lowest BCUT2D eigenvalue weighted by Crippen LogP contribution is -2.58. The second-order valence-corrected chi connectivity index (χ2v) is 5.14. The molecular weight excluding hydrogens is 188 g/mol. The zero-order valence-corrected chi connectivity index (χ0v) is 9.31. The highest BCUT2D eigenvalue weighted by Crippen LogP contribution is 2.38. The number of hydrogen-bond acceptors (Lipinski definition) is 2. The van der Waals surface area contributed by atoms with E-state index in [0.717, 1.165) is 19.3 Å². The number of hydrogen-bond donors (Lipinski definition) is 0. The molecule has 4 heteroatoms. The van der Waals surface area contributed by atoms with Crippen LogP contribution in [0, 0.1) is 0 Å². The largest absolute Gasteiger partial charge is 0.360 e. The van der Waals surface area contributed by atoms with Gasteiger partial charge in [0, 0.05) is 11.1 Å². The summed E-state index contributed by atoms with van der Waals surface area (Å²) >= 11 is 0. The summed E-state index contributed by atoms with van der Waals surface area (Å²) in [5.41, 5.74) is -0.615. The molecule has 0 aromatic rings. The Morgan fingerprint density at radius 1 is 1.07 bits per heavy atom. The zero-order valence-electron chi connectivity index (χ0n) is 9.31. The molecule has 0 saturated carbocycles. The van der Waals surface area contributed by atoms with Crippen LogP contribution in [0.1, 0.15) is 47.0 Å². The molecule has 1 fully saturated rings. The molecule has 1 aliphatic heterocycles. The normalized spacial score (nSPS) is 26.8. The third-order valence-corrected chi connectivity index (χ3v) is 2.86. The standard InChI is InChI=1S/C10H19F2NO/c1-9(2)6-5-7-10(3,4)13(9)14-8(11)12/h8H,5-7H2,1-4H3. The molecule has 1 aliphatic rings. The Balaban J connectivity index is 2.80. The molecule has 0 atom stereocenters. The quantitative estimate of drug-likeness (QED) is 0.689. The van der Waals surface area contributed by atoms with Gasteiger partial charge in [-0.25, -0.2) is 4.84 Å². The molecule has 0 N–H and O–H groups in total. The lowest BCUT2D eigenvalue weighted by molar-refractivity contribution is -0.357. The van der Waals surface area contributed by atoms with Gasteiger partial charge in [-0.1, -0.05) is 0 Å². The van der Waals surface area contributed by atoms with Crippen molar-refractivity contribution in [1.29, 1.82) is 0 Å². The fourth-order valence-corrected chi connectivity index (χ4v) is 2.34. The summed E-state index contributed by atoms with van der Waals surface area (Å²) in [5.74, 6) is 0. The van der Waals surface area contributed by atoms with Crippen LogP contribution in [-0.2, 0) is 4.84 Å². The molecule has 0 radical (unpaired) electrons. The van der Waals surface area contributed by atoms with Gasteiger partial charge in [-0.3, -0.25) is 0 Å². The van der Waals surface area contributed by atoms with Crippen LogP contribution in [-0.4, -0.2) is 22.8 Å². The van der Waals surface area contributed by atoms with Gasteiger partial charge in [0.1, 0.15) is 0 Å². The number of alkyl halides is 2. The van der Waals surface area contributed by atoms with Crippen LogP contribution in [0.25, 0.3) is 0 Å². The summed E-state index contributed by atoms with van der Waals surface area (Å²) in [4.78, 5) is 4.62. The second kappa shape index (κ2) is 3.74. The maximum Gasteiger partial charge on any atom is 0.360 e. The molecule has 1 saturated heterocycles. The predicted octanol–water partition coefficient (Wildman–Crippen LogP) is 3.18. The van der Waals surface area contributed by atoms with E-state index in [1.54, 1.807) is 0 Å². The summed E-state index contributed by atoms with van der Waals surface area (Å²) in [6, 6.07) is 0. The summed E-state index contributed by atoms with van der Waals surface area (Å²) < 4.78 is 24.5. The van der Waals surface area contributed by atoms with Gasteiger partial charge in [0.2, 0.25) is 0 Å². The summed E-state index contributed by atoms with van der Waals surface area (Å²) in [7, 11) is 0. The minimum absolute atomic E-state index is 0.307. The molecular formula is C10H19F2NO. The Hall–Kier alpha value is -0.220. The van der Waals surface area contributed by atoms with Crippen LogP contribution in [0.5, 0.6) is 0 Å². The Labute approximate surface area is 84.2 Å². The summed E-state index contributed by atoms with van der Waals surface area (Å²) in [5, 5.41) is 1.47. The fourth-order valence-electron chi connectivity index (χ4n) is 2.34. The first kappa shape index (κ1) is 11.9. The molecule has 0 bridgehead atoms. The SMILES string of the molecule is CC1(C)CCCC(C)(C)N1OC(F)F. The minimum atomic E-state index is -2.73. The van der Waals surface area contributed by atoms with E-state index in [4.69, 9.17) is 0 Å². The third-order valence-electron chi connectivity index (χ3n) is 2.86. The van der Waals surface area contributed by atoms with Crippen LogP contribution in [0.15, 0.2) is 0 Å². The van der Waals surface area contributed by atoms with Gasteiger partial charge in [0.15, 0.2) is 0 Å². The van der Waals surface area contributed by atoms with E-state index >= 15 is 0 Å². The van der Waals surface area contributed by atoms with Gasteiger partial charge in [-0.2, -0.15) is 13.8 Å². The monoisotopic (exact) mass is 207 g/mol. The van der Waals surface area contributed by atoms with E-state index in [-0.39, 0.29) is 11.1 Å². The maximum absolute atomic E-state index is 12.2. The third kappa shape index (κ3) is 2.42. The topological polar surface area (TPSA) is 12.5 Å². The van der Waals surface area contributed by atoms with Crippen LogP contribution < -0.4 is 0 Å². The van der Waals surface area contributed by atoms with Crippen molar-refractivity contribution >= 4 is 0 Å². The van der Waals surface area contributed by atoms with Crippen molar-refractivity contribution < 1.29 is 13.6 Å². The van der Waals surface area contributed by atoms with Gasteiger partial charge in [0.25, 0.3) is 0 Å². The molecule has 0 spiro atoms. The van der Waals surface area contributed by atoms with Crippen LogP contribution in [0.2, 0.25) is 0 Å². The number of rotatable bonds is 2. The van der Waals surface area contributed by atoms with Gasteiger partial charge >= 0.3 is 6.61 Å². The first-order valence-electron chi connectivity index (χ1n) is 5.01. The highest BCUT2D eigenvalue weighted by Gasteiger charge is 2.43. The number of nitrogens with zero attached hydrogens (tertiary/aromatic N) is 1. The Bertz CT molecular complexity index is 188. The van der Waals surface area contributed by atoms with E-state index in [2.05, 4.69) is 4.84 Å². The smallest absolute Gasteiger partial charge is 0.231 e. The predicted molar refractivity (Wildman–Crippen MR) is 50.9 cm³/mol. The molecule has 0 aromatic carbocycles. The molecule has 84 valence electrons. The van der Waals surface area contributed by atoms with Gasteiger partial charge in [0.05, 0.1) is 0 Å². The lowest BCUT2D eigenvalue weighted by Gasteiger charge is -2.50. The Kier molecular flexibility index (Phi) is 3.17. The number of halogens is 2. The molecule has 0 amide bonds. The molecule has 2 nitrogen and oxygen atoms in total. The highest BCUT2D eigenvalue weighted by molar-refractivity contribution is 4.92. The van der Waals surface area contributed by atoms with Crippen molar-refractivity contribution in [2.75, 3.05) is 0 Å². The average molecular weight is 207 g/mol. The van der Waals surface area contributed by atoms with Crippen molar-refractivity contribution in [2.45, 2.75) is 64.6 Å². The molecule has 0 aliphatic carbocycles. The van der Waals surface area contributed by atoms with E-state index in [0.29, 0.717) is 0 Å². The maximum atomic E-state index is 12.2. The van der Waals surface area contributed by atoms with E-state index in [1.807, 2.05) is 27.7 Å². The molecule has 0 unspecified atom stereocenters. The van der Waals surface area contributed by atoms with Crippen LogP contribution in [0.3, 0.4) is 0 Å². The van der Waals surface area contributed by atoms with Crippen molar-refractivity contribution in [2.24, 2.45) is 0 Å². The van der Waals surface area contributed by atoms with Gasteiger partial charge in [-0.15, -0.1) is 0 Å². The molecule has 14 heavy (non-hydrogen) atoms. The minimum Gasteiger partial charge on any atom is -0.231 e. The van der Waals surface area contributed by atoms with Crippen molar-refractivity contribution in [1.82, 2.24) is 5.06 Å². The Morgan fingerprint density at radius 2 is 1.50 bits per heavy atom. The van der Waals surface area contributed by atoms with Crippen molar-refractivity contribution in [3.05, 3.63) is 0 Å². The Morgan fingerprint density at radius 3 is 1.86 bits per heavy atom. The van der Waals surface area contributed by atoms with E-state index in [9.17, 15) is 8.78 Å². The zero-order chi connectivity index (χ0) is 11.0. The first-order valence-corrected chi connectivity index (χ1v) is 5.01.